The number of amides is 1. The van der Waals surface area contributed by atoms with Crippen molar-refractivity contribution in [2.24, 2.45) is 0 Å². The van der Waals surface area contributed by atoms with Crippen LogP contribution >= 0.6 is 0 Å². The Morgan fingerprint density at radius 2 is 2.24 bits per heavy atom. The Labute approximate surface area is 126 Å². The summed E-state index contributed by atoms with van der Waals surface area (Å²) in [6.07, 6.45) is 3.49. The Morgan fingerprint density at radius 1 is 1.48 bits per heavy atom. The first-order valence-electron chi connectivity index (χ1n) is 7.36. The van der Waals surface area contributed by atoms with Gasteiger partial charge < -0.3 is 15.0 Å². The Kier molecular flexibility index (Phi) is 4.70. The molecule has 0 aliphatic carbocycles. The lowest BCUT2D eigenvalue weighted by atomic mass is 10.1. The van der Waals surface area contributed by atoms with E-state index in [1.807, 2.05) is 39.1 Å². The molecule has 0 unspecified atom stereocenters. The van der Waals surface area contributed by atoms with Crippen molar-refractivity contribution in [1.82, 2.24) is 10.3 Å². The molecule has 0 aromatic carbocycles. The molecule has 0 bridgehead atoms. The van der Waals surface area contributed by atoms with Gasteiger partial charge >= 0.3 is 6.09 Å². The summed E-state index contributed by atoms with van der Waals surface area (Å²) in [6.45, 7) is 11.1. The van der Waals surface area contributed by atoms with Crippen molar-refractivity contribution in [3.8, 4) is 0 Å². The molecule has 21 heavy (non-hydrogen) atoms. The zero-order valence-electron chi connectivity index (χ0n) is 13.1. The van der Waals surface area contributed by atoms with Gasteiger partial charge in [0.2, 0.25) is 0 Å². The molecule has 5 heteroatoms. The van der Waals surface area contributed by atoms with Crippen molar-refractivity contribution in [2.75, 3.05) is 18.0 Å². The summed E-state index contributed by atoms with van der Waals surface area (Å²) in [4.78, 5) is 18.3. The number of rotatable bonds is 2. The number of hydrogen-bond donors (Lipinski definition) is 1. The Hall–Kier alpha value is -1.78. The topological polar surface area (TPSA) is 54.5 Å². The molecule has 1 aliphatic rings. The second-order valence-corrected chi connectivity index (χ2v) is 6.44. The zero-order chi connectivity index (χ0) is 15.5. The summed E-state index contributed by atoms with van der Waals surface area (Å²) in [5, 5.41) is 2.95. The van der Waals surface area contributed by atoms with Crippen LogP contribution in [0.25, 0.3) is 0 Å². The van der Waals surface area contributed by atoms with E-state index in [1.165, 1.54) is 0 Å². The predicted octanol–water partition coefficient (Wildman–Crippen LogP) is 2.76. The van der Waals surface area contributed by atoms with E-state index >= 15 is 0 Å². The SMILES string of the molecule is [CH2]c1ccc(N2CCC[C@H](NC(=O)OC(C)(C)C)C2)cn1. The highest BCUT2D eigenvalue weighted by atomic mass is 16.6. The normalized spacial score (nSPS) is 19.2. The smallest absolute Gasteiger partial charge is 0.407 e. The molecule has 1 saturated heterocycles. The summed E-state index contributed by atoms with van der Waals surface area (Å²) in [7, 11) is 0. The number of alkyl carbamates (subject to hydrolysis) is 1. The van der Waals surface area contributed by atoms with Crippen LogP contribution < -0.4 is 10.2 Å². The van der Waals surface area contributed by atoms with Crippen LogP contribution in [0.5, 0.6) is 0 Å². The molecule has 0 spiro atoms. The summed E-state index contributed by atoms with van der Waals surface area (Å²) in [6, 6.07) is 4.03. The van der Waals surface area contributed by atoms with E-state index in [2.05, 4.69) is 22.1 Å². The van der Waals surface area contributed by atoms with E-state index < -0.39 is 5.60 Å². The maximum atomic E-state index is 11.8. The van der Waals surface area contributed by atoms with Gasteiger partial charge in [-0.1, -0.05) is 0 Å². The molecular formula is C16H24N3O2. The third-order valence-corrected chi connectivity index (χ3v) is 3.32. The fourth-order valence-electron chi connectivity index (χ4n) is 2.41. The van der Waals surface area contributed by atoms with Crippen LogP contribution in [-0.2, 0) is 4.74 Å². The molecule has 1 N–H and O–H groups in total. The number of carbonyl (C=O) groups excluding carboxylic acids is 1. The summed E-state index contributed by atoms with van der Waals surface area (Å²) < 4.78 is 5.31. The van der Waals surface area contributed by atoms with Gasteiger partial charge in [0, 0.05) is 24.8 Å². The lowest BCUT2D eigenvalue weighted by molar-refractivity contribution is 0.0500. The molecule has 1 radical (unpaired) electrons. The largest absolute Gasteiger partial charge is 0.444 e. The highest BCUT2D eigenvalue weighted by Crippen LogP contribution is 2.19. The second-order valence-electron chi connectivity index (χ2n) is 6.44. The first kappa shape index (κ1) is 15.6. The lowest BCUT2D eigenvalue weighted by Crippen LogP contribution is -2.49. The first-order valence-corrected chi connectivity index (χ1v) is 7.36. The van der Waals surface area contributed by atoms with E-state index in [0.717, 1.165) is 37.3 Å². The van der Waals surface area contributed by atoms with Gasteiger partial charge in [0.1, 0.15) is 5.60 Å². The molecule has 1 aromatic rings. The van der Waals surface area contributed by atoms with Crippen molar-refractivity contribution < 1.29 is 9.53 Å². The Balaban J connectivity index is 1.91. The van der Waals surface area contributed by atoms with Crippen LogP contribution in [0, 0.1) is 6.92 Å². The molecular weight excluding hydrogens is 266 g/mol. The van der Waals surface area contributed by atoms with Crippen LogP contribution in [0.15, 0.2) is 18.3 Å². The van der Waals surface area contributed by atoms with Gasteiger partial charge in [-0.25, -0.2) is 4.79 Å². The number of anilines is 1. The van der Waals surface area contributed by atoms with Crippen molar-refractivity contribution in [3.63, 3.8) is 0 Å². The van der Waals surface area contributed by atoms with E-state index in [0.29, 0.717) is 0 Å². The zero-order valence-corrected chi connectivity index (χ0v) is 13.1. The lowest BCUT2D eigenvalue weighted by Gasteiger charge is -2.34. The van der Waals surface area contributed by atoms with Gasteiger partial charge in [0.05, 0.1) is 11.9 Å². The van der Waals surface area contributed by atoms with Crippen molar-refractivity contribution in [3.05, 3.63) is 30.9 Å². The van der Waals surface area contributed by atoms with E-state index in [4.69, 9.17) is 4.74 Å². The molecule has 1 aliphatic heterocycles. The third-order valence-electron chi connectivity index (χ3n) is 3.32. The molecule has 115 valence electrons. The minimum atomic E-state index is -0.466. The molecule has 2 heterocycles. The number of hydrogen-bond acceptors (Lipinski definition) is 4. The number of ether oxygens (including phenoxy) is 1. The Morgan fingerprint density at radius 3 is 2.86 bits per heavy atom. The van der Waals surface area contributed by atoms with Crippen LogP contribution in [0.3, 0.4) is 0 Å². The fraction of sp³-hybridized carbons (Fsp3) is 0.562. The molecule has 1 fully saturated rings. The summed E-state index contributed by atoms with van der Waals surface area (Å²) >= 11 is 0. The molecule has 0 saturated carbocycles. The maximum Gasteiger partial charge on any atom is 0.407 e. The van der Waals surface area contributed by atoms with E-state index in [-0.39, 0.29) is 12.1 Å². The minimum absolute atomic E-state index is 0.105. The average molecular weight is 290 g/mol. The van der Waals surface area contributed by atoms with Crippen LogP contribution in [0.1, 0.15) is 39.3 Å². The molecule has 1 amide bonds. The van der Waals surface area contributed by atoms with Gasteiger partial charge in [-0.05, 0) is 52.7 Å². The van der Waals surface area contributed by atoms with Gasteiger partial charge in [-0.2, -0.15) is 0 Å². The van der Waals surface area contributed by atoms with Crippen molar-refractivity contribution in [1.29, 1.82) is 0 Å². The monoisotopic (exact) mass is 290 g/mol. The Bertz CT molecular complexity index is 479. The van der Waals surface area contributed by atoms with Gasteiger partial charge in [0.25, 0.3) is 0 Å². The van der Waals surface area contributed by atoms with Crippen LogP contribution in [-0.4, -0.2) is 35.8 Å². The number of piperidine rings is 1. The maximum absolute atomic E-state index is 11.8. The number of pyridine rings is 1. The number of nitrogens with one attached hydrogen (secondary N) is 1. The van der Waals surface area contributed by atoms with Gasteiger partial charge in [0.15, 0.2) is 0 Å². The fourth-order valence-corrected chi connectivity index (χ4v) is 2.41. The second kappa shape index (κ2) is 6.33. The van der Waals surface area contributed by atoms with Crippen LogP contribution in [0.4, 0.5) is 10.5 Å². The molecule has 5 nitrogen and oxygen atoms in total. The number of carbonyl (C=O) groups is 1. The standard InChI is InChI=1S/C16H24N3O2/c1-12-7-8-14(10-17-12)19-9-5-6-13(11-19)18-15(20)21-16(2,3)4/h7-8,10,13H,1,5-6,9,11H2,2-4H3,(H,18,20)/t13-/m0/s1. The van der Waals surface area contributed by atoms with Crippen molar-refractivity contribution in [2.45, 2.75) is 45.3 Å². The van der Waals surface area contributed by atoms with Gasteiger partial charge in [-0.3, -0.25) is 4.98 Å². The molecule has 2 rings (SSSR count). The highest BCUT2D eigenvalue weighted by molar-refractivity contribution is 5.68. The van der Waals surface area contributed by atoms with E-state index in [9.17, 15) is 4.79 Å². The average Bonchev–Trinajstić information content (AvgIpc) is 2.37. The van der Waals surface area contributed by atoms with E-state index in [1.54, 1.807) is 0 Å². The minimum Gasteiger partial charge on any atom is -0.444 e. The summed E-state index contributed by atoms with van der Waals surface area (Å²) in [5.41, 5.74) is 1.36. The molecule has 1 aromatic heterocycles. The predicted molar refractivity (Wildman–Crippen MR) is 83.3 cm³/mol. The highest BCUT2D eigenvalue weighted by Gasteiger charge is 2.24. The number of aromatic nitrogens is 1. The third kappa shape index (κ3) is 4.92. The quantitative estimate of drug-likeness (QED) is 0.910. The van der Waals surface area contributed by atoms with Crippen LogP contribution in [0.2, 0.25) is 0 Å². The van der Waals surface area contributed by atoms with Crippen molar-refractivity contribution >= 4 is 11.8 Å². The molecule has 1 atom stereocenters. The van der Waals surface area contributed by atoms with Gasteiger partial charge in [-0.15, -0.1) is 0 Å². The summed E-state index contributed by atoms with van der Waals surface area (Å²) in [5.74, 6) is 0. The number of nitrogens with zero attached hydrogens (tertiary/aromatic N) is 2. The first-order chi connectivity index (χ1) is 9.83.